The highest BCUT2D eigenvalue weighted by Gasteiger charge is 2.53. The van der Waals surface area contributed by atoms with Crippen LogP contribution in [-0.2, 0) is 21.7 Å². The first-order chi connectivity index (χ1) is 17.7. The summed E-state index contributed by atoms with van der Waals surface area (Å²) >= 11 is 0. The maximum Gasteiger partial charge on any atom is 0.341 e. The molecule has 7 heteroatoms. The van der Waals surface area contributed by atoms with Crippen molar-refractivity contribution in [2.45, 2.75) is 59.3 Å². The molecular formula is C30H33N3O4. The van der Waals surface area contributed by atoms with Crippen molar-refractivity contribution >= 4 is 22.6 Å². The Hall–Kier alpha value is -3.84. The number of cyclic esters (lactones) is 1. The summed E-state index contributed by atoms with van der Waals surface area (Å²) in [6, 6.07) is 17.5. The van der Waals surface area contributed by atoms with Crippen LogP contribution in [0.3, 0.4) is 0 Å². The van der Waals surface area contributed by atoms with Gasteiger partial charge in [0.05, 0.1) is 23.5 Å². The second-order valence-electron chi connectivity index (χ2n) is 10.2. The molecule has 1 aliphatic heterocycles. The zero-order valence-corrected chi connectivity index (χ0v) is 22.2. The highest BCUT2D eigenvalue weighted by Crippen LogP contribution is 2.52. The van der Waals surface area contributed by atoms with Gasteiger partial charge < -0.3 is 14.0 Å². The number of nitrogens with zero attached hydrogens (tertiary/aromatic N) is 2. The summed E-state index contributed by atoms with van der Waals surface area (Å²) in [4.78, 5) is 23.9. The first kappa shape index (κ1) is 24.8. The first-order valence-electron chi connectivity index (χ1n) is 12.7. The molecule has 0 amide bonds. The fraction of sp³-hybridized carbons (Fsp3) is 0.333. The van der Waals surface area contributed by atoms with Gasteiger partial charge >= 0.3 is 5.97 Å². The first-order valence-corrected chi connectivity index (χ1v) is 12.7. The van der Waals surface area contributed by atoms with Crippen LogP contribution in [0.25, 0.3) is 10.9 Å². The number of benzene rings is 2. The molecule has 0 radical (unpaired) electrons. The molecule has 0 saturated heterocycles. The number of esters is 1. The Balaban J connectivity index is 1.83. The van der Waals surface area contributed by atoms with Crippen molar-refractivity contribution < 1.29 is 19.1 Å². The molecule has 0 saturated carbocycles. The van der Waals surface area contributed by atoms with Gasteiger partial charge in [0.25, 0.3) is 0 Å². The summed E-state index contributed by atoms with van der Waals surface area (Å²) in [7, 11) is 0. The Bertz CT molecular complexity index is 1480. The quantitative estimate of drug-likeness (QED) is 0.235. The molecule has 0 aliphatic carbocycles. The standard InChI is InChI=1S/C30H33N3O4/c1-7-33-19(3)26(21-12-9-10-14-24(21)33)30(27-22(28(34)36-30)13-11-17-31-27)23-16-15-20(18-25(23)35-8-2)32-37-29(4,5)6/h9-18,32H,7-8H2,1-6H3. The highest BCUT2D eigenvalue weighted by atomic mass is 16.7. The van der Waals surface area contributed by atoms with Crippen molar-refractivity contribution in [2.75, 3.05) is 12.1 Å². The van der Waals surface area contributed by atoms with E-state index in [0.717, 1.165) is 34.4 Å². The molecule has 1 N–H and O–H groups in total. The number of pyridine rings is 1. The van der Waals surface area contributed by atoms with Crippen LogP contribution in [0.2, 0.25) is 0 Å². The minimum absolute atomic E-state index is 0.380. The van der Waals surface area contributed by atoms with Crippen LogP contribution < -0.4 is 10.2 Å². The summed E-state index contributed by atoms with van der Waals surface area (Å²) in [5, 5.41) is 1.01. The van der Waals surface area contributed by atoms with E-state index >= 15 is 0 Å². The molecule has 0 spiro atoms. The van der Waals surface area contributed by atoms with Gasteiger partial charge in [-0.05, 0) is 71.9 Å². The van der Waals surface area contributed by atoms with E-state index in [1.165, 1.54) is 0 Å². The fourth-order valence-electron chi connectivity index (χ4n) is 5.23. The number of nitrogens with one attached hydrogen (secondary N) is 1. The smallest absolute Gasteiger partial charge is 0.341 e. The summed E-state index contributed by atoms with van der Waals surface area (Å²) < 4.78 is 14.9. The number of para-hydroxylation sites is 1. The third kappa shape index (κ3) is 4.03. The topological polar surface area (TPSA) is 74.6 Å². The second kappa shape index (κ2) is 9.23. The number of aryl methyl sites for hydroxylation is 1. The lowest BCUT2D eigenvalue weighted by Crippen LogP contribution is -2.32. The number of anilines is 1. The zero-order chi connectivity index (χ0) is 26.4. The number of carbonyl (C=O) groups excluding carboxylic acids is 1. The molecule has 3 heterocycles. The van der Waals surface area contributed by atoms with Gasteiger partial charge in [0, 0.05) is 46.5 Å². The predicted molar refractivity (Wildman–Crippen MR) is 144 cm³/mol. The molecule has 1 aliphatic rings. The van der Waals surface area contributed by atoms with E-state index in [0.29, 0.717) is 29.2 Å². The molecule has 2 aromatic heterocycles. The van der Waals surface area contributed by atoms with Crippen molar-refractivity contribution in [3.63, 3.8) is 0 Å². The van der Waals surface area contributed by atoms with Crippen molar-refractivity contribution in [3.05, 3.63) is 88.9 Å². The molecule has 0 bridgehead atoms. The minimum atomic E-state index is -1.29. The molecule has 1 atom stereocenters. The number of rotatable bonds is 7. The average molecular weight is 500 g/mol. The Morgan fingerprint density at radius 1 is 1.08 bits per heavy atom. The van der Waals surface area contributed by atoms with E-state index in [9.17, 15) is 4.79 Å². The van der Waals surface area contributed by atoms with Gasteiger partial charge in [-0.2, -0.15) is 0 Å². The third-order valence-corrected chi connectivity index (χ3v) is 6.64. The van der Waals surface area contributed by atoms with E-state index in [2.05, 4.69) is 36.0 Å². The van der Waals surface area contributed by atoms with Crippen LogP contribution in [0, 0.1) is 6.92 Å². The van der Waals surface area contributed by atoms with Crippen LogP contribution in [0.4, 0.5) is 5.69 Å². The number of carbonyl (C=O) groups is 1. The summed E-state index contributed by atoms with van der Waals surface area (Å²) in [6.07, 6.45) is 1.71. The Labute approximate surface area is 217 Å². The fourth-order valence-corrected chi connectivity index (χ4v) is 5.23. The Morgan fingerprint density at radius 3 is 2.59 bits per heavy atom. The Kier molecular flexibility index (Phi) is 6.20. The SMILES string of the molecule is CCOc1cc(NOC(C)(C)C)ccc1C1(c2c(C)n(CC)c3ccccc23)OC(=O)c2cccnc21. The maximum absolute atomic E-state index is 13.4. The molecule has 37 heavy (non-hydrogen) atoms. The molecule has 7 nitrogen and oxygen atoms in total. The largest absolute Gasteiger partial charge is 0.493 e. The highest BCUT2D eigenvalue weighted by molar-refractivity contribution is 5.98. The van der Waals surface area contributed by atoms with Crippen molar-refractivity contribution in [3.8, 4) is 5.75 Å². The summed E-state index contributed by atoms with van der Waals surface area (Å²) in [5.41, 5.74) is 6.80. The van der Waals surface area contributed by atoms with Crippen molar-refractivity contribution in [1.29, 1.82) is 0 Å². The maximum atomic E-state index is 13.4. The lowest BCUT2D eigenvalue weighted by molar-refractivity contribution is 0.0236. The van der Waals surface area contributed by atoms with Crippen LogP contribution in [0.5, 0.6) is 5.75 Å². The van der Waals surface area contributed by atoms with Gasteiger partial charge in [0.15, 0.2) is 0 Å². The van der Waals surface area contributed by atoms with Gasteiger partial charge in [0.1, 0.15) is 11.4 Å². The molecular weight excluding hydrogens is 466 g/mol. The normalized spacial score (nSPS) is 17.1. The molecule has 4 aromatic rings. The van der Waals surface area contributed by atoms with Gasteiger partial charge in [0.2, 0.25) is 5.60 Å². The van der Waals surface area contributed by atoms with Crippen LogP contribution in [0.15, 0.2) is 60.8 Å². The number of fused-ring (bicyclic) bond motifs is 2. The molecule has 5 rings (SSSR count). The van der Waals surface area contributed by atoms with E-state index in [-0.39, 0.29) is 5.60 Å². The summed E-state index contributed by atoms with van der Waals surface area (Å²) in [5.74, 6) is 0.181. The van der Waals surface area contributed by atoms with Crippen LogP contribution in [-0.4, -0.2) is 27.7 Å². The molecule has 192 valence electrons. The molecule has 2 aromatic carbocycles. The van der Waals surface area contributed by atoms with E-state index < -0.39 is 11.6 Å². The number of ether oxygens (including phenoxy) is 2. The van der Waals surface area contributed by atoms with E-state index in [1.54, 1.807) is 18.3 Å². The average Bonchev–Trinajstić information content (AvgIpc) is 3.33. The van der Waals surface area contributed by atoms with Gasteiger partial charge in [-0.15, -0.1) is 0 Å². The lowest BCUT2D eigenvalue weighted by Gasteiger charge is -2.31. The van der Waals surface area contributed by atoms with E-state index in [1.807, 2.05) is 58.0 Å². The minimum Gasteiger partial charge on any atom is -0.493 e. The predicted octanol–water partition coefficient (Wildman–Crippen LogP) is 6.37. The van der Waals surface area contributed by atoms with Gasteiger partial charge in [-0.1, -0.05) is 18.2 Å². The van der Waals surface area contributed by atoms with Crippen LogP contribution in [0.1, 0.15) is 67.5 Å². The van der Waals surface area contributed by atoms with Crippen LogP contribution >= 0.6 is 0 Å². The molecule has 1 unspecified atom stereocenters. The van der Waals surface area contributed by atoms with Gasteiger partial charge in [-0.25, -0.2) is 4.79 Å². The third-order valence-electron chi connectivity index (χ3n) is 6.64. The zero-order valence-electron chi connectivity index (χ0n) is 22.2. The van der Waals surface area contributed by atoms with Crippen molar-refractivity contribution in [2.24, 2.45) is 0 Å². The number of hydrogen-bond acceptors (Lipinski definition) is 6. The number of hydrogen-bond donors (Lipinski definition) is 1. The number of aromatic nitrogens is 2. The Morgan fingerprint density at radius 2 is 1.86 bits per heavy atom. The lowest BCUT2D eigenvalue weighted by atomic mass is 9.80. The summed E-state index contributed by atoms with van der Waals surface area (Å²) in [6.45, 7) is 13.2. The van der Waals surface area contributed by atoms with Gasteiger partial charge in [-0.3, -0.25) is 15.3 Å². The molecule has 0 fully saturated rings. The monoisotopic (exact) mass is 499 g/mol. The second-order valence-corrected chi connectivity index (χ2v) is 10.2. The van der Waals surface area contributed by atoms with E-state index in [4.69, 9.17) is 19.3 Å². The van der Waals surface area contributed by atoms with Crippen molar-refractivity contribution in [1.82, 2.24) is 9.55 Å².